The average Bonchev–Trinajstić information content (AvgIpc) is 2.04. The van der Waals surface area contributed by atoms with Crippen LogP contribution in [0.15, 0.2) is 10.7 Å². The van der Waals surface area contributed by atoms with Crippen molar-refractivity contribution >= 4 is 21.7 Å². The standard InChI is InChI=1S/C6H9BrN4/c1-2-4-3-5(7)10-11-6(4)9-8/h3H,2,8H2,1H3,(H,9,11). The number of nitrogen functional groups attached to an aromatic ring is 1. The van der Waals surface area contributed by atoms with Crippen LogP contribution in [0.5, 0.6) is 0 Å². The topological polar surface area (TPSA) is 63.8 Å². The quantitative estimate of drug-likeness (QED) is 0.574. The molecule has 0 saturated carbocycles. The van der Waals surface area contributed by atoms with Crippen molar-refractivity contribution < 1.29 is 0 Å². The first-order valence-electron chi connectivity index (χ1n) is 3.26. The lowest BCUT2D eigenvalue weighted by Gasteiger charge is -2.03. The highest BCUT2D eigenvalue weighted by molar-refractivity contribution is 9.10. The van der Waals surface area contributed by atoms with E-state index in [0.29, 0.717) is 5.82 Å². The molecule has 0 aliphatic heterocycles. The fourth-order valence-electron chi connectivity index (χ4n) is 0.794. The molecule has 0 aliphatic carbocycles. The number of rotatable bonds is 2. The molecule has 0 radical (unpaired) electrons. The average molecular weight is 217 g/mol. The minimum absolute atomic E-state index is 0.635. The van der Waals surface area contributed by atoms with Crippen molar-refractivity contribution in [2.45, 2.75) is 13.3 Å². The van der Waals surface area contributed by atoms with Crippen molar-refractivity contribution in [3.63, 3.8) is 0 Å². The third-order valence-electron chi connectivity index (χ3n) is 1.36. The van der Waals surface area contributed by atoms with Gasteiger partial charge in [0.1, 0.15) is 4.60 Å². The van der Waals surface area contributed by atoms with Crippen LogP contribution >= 0.6 is 15.9 Å². The summed E-state index contributed by atoms with van der Waals surface area (Å²) in [4.78, 5) is 0. The Bertz CT molecular complexity index is 250. The number of aryl methyl sites for hydroxylation is 1. The second kappa shape index (κ2) is 3.64. The van der Waals surface area contributed by atoms with Crippen LogP contribution in [0.25, 0.3) is 0 Å². The van der Waals surface area contributed by atoms with E-state index in [-0.39, 0.29) is 0 Å². The fourth-order valence-corrected chi connectivity index (χ4v) is 1.15. The Morgan fingerprint density at radius 2 is 2.36 bits per heavy atom. The molecule has 0 atom stereocenters. The van der Waals surface area contributed by atoms with E-state index in [1.54, 1.807) is 0 Å². The van der Waals surface area contributed by atoms with Gasteiger partial charge in [-0.3, -0.25) is 0 Å². The Labute approximate surface area is 73.3 Å². The predicted octanol–water partition coefficient (Wildman–Crippen LogP) is 1.09. The summed E-state index contributed by atoms with van der Waals surface area (Å²) in [5.41, 5.74) is 3.53. The molecule has 0 bridgehead atoms. The van der Waals surface area contributed by atoms with Crippen LogP contribution in [-0.2, 0) is 6.42 Å². The second-order valence-corrected chi connectivity index (χ2v) is 2.85. The summed E-state index contributed by atoms with van der Waals surface area (Å²) in [6.45, 7) is 2.03. The lowest BCUT2D eigenvalue weighted by molar-refractivity contribution is 0.957. The zero-order valence-electron chi connectivity index (χ0n) is 6.13. The summed E-state index contributed by atoms with van der Waals surface area (Å²) in [6, 6.07) is 1.89. The van der Waals surface area contributed by atoms with Gasteiger partial charge >= 0.3 is 0 Å². The third-order valence-corrected chi connectivity index (χ3v) is 1.75. The molecule has 0 saturated heterocycles. The van der Waals surface area contributed by atoms with E-state index in [1.807, 2.05) is 13.0 Å². The van der Waals surface area contributed by atoms with Gasteiger partial charge in [0.05, 0.1) is 0 Å². The van der Waals surface area contributed by atoms with Gasteiger partial charge in [-0.1, -0.05) is 6.92 Å². The number of nitrogens with zero attached hydrogens (tertiary/aromatic N) is 2. The number of hydrogen-bond acceptors (Lipinski definition) is 4. The minimum Gasteiger partial charge on any atom is -0.307 e. The normalized spacial score (nSPS) is 9.73. The minimum atomic E-state index is 0.635. The molecule has 3 N–H and O–H groups in total. The zero-order valence-corrected chi connectivity index (χ0v) is 7.72. The molecule has 0 amide bonds. The predicted molar refractivity (Wildman–Crippen MR) is 46.9 cm³/mol. The van der Waals surface area contributed by atoms with Crippen molar-refractivity contribution in [1.29, 1.82) is 0 Å². The molecular weight excluding hydrogens is 208 g/mol. The molecule has 60 valence electrons. The highest BCUT2D eigenvalue weighted by Crippen LogP contribution is 2.14. The van der Waals surface area contributed by atoms with E-state index in [0.717, 1.165) is 16.6 Å². The Morgan fingerprint density at radius 3 is 2.91 bits per heavy atom. The van der Waals surface area contributed by atoms with E-state index in [1.165, 1.54) is 0 Å². The zero-order chi connectivity index (χ0) is 8.27. The maximum Gasteiger partial charge on any atom is 0.165 e. The Balaban J connectivity index is 3.06. The largest absolute Gasteiger partial charge is 0.307 e. The van der Waals surface area contributed by atoms with E-state index >= 15 is 0 Å². The molecule has 0 unspecified atom stereocenters. The number of halogens is 1. The van der Waals surface area contributed by atoms with Crippen LogP contribution in [-0.4, -0.2) is 10.2 Å². The summed E-state index contributed by atoms with van der Waals surface area (Å²) in [5.74, 6) is 5.84. The maximum atomic E-state index is 5.21. The van der Waals surface area contributed by atoms with Gasteiger partial charge in [-0.25, -0.2) is 5.84 Å². The van der Waals surface area contributed by atoms with Crippen LogP contribution in [0.2, 0.25) is 0 Å². The summed E-state index contributed by atoms with van der Waals surface area (Å²) in [5, 5.41) is 7.62. The van der Waals surface area contributed by atoms with Gasteiger partial charge < -0.3 is 5.43 Å². The van der Waals surface area contributed by atoms with Crippen molar-refractivity contribution in [2.24, 2.45) is 5.84 Å². The van der Waals surface area contributed by atoms with Gasteiger partial charge in [0.15, 0.2) is 5.82 Å². The van der Waals surface area contributed by atoms with Crippen LogP contribution in [0.1, 0.15) is 12.5 Å². The first-order chi connectivity index (χ1) is 5.27. The molecule has 1 heterocycles. The Kier molecular flexibility index (Phi) is 2.78. The first kappa shape index (κ1) is 8.42. The van der Waals surface area contributed by atoms with Crippen LogP contribution in [0.4, 0.5) is 5.82 Å². The Morgan fingerprint density at radius 1 is 1.64 bits per heavy atom. The molecule has 1 aromatic heterocycles. The molecule has 1 rings (SSSR count). The van der Waals surface area contributed by atoms with Gasteiger partial charge in [-0.2, -0.15) is 0 Å². The van der Waals surface area contributed by atoms with Crippen LogP contribution in [0.3, 0.4) is 0 Å². The molecule has 11 heavy (non-hydrogen) atoms. The number of anilines is 1. The van der Waals surface area contributed by atoms with Crippen molar-refractivity contribution in [2.75, 3.05) is 5.43 Å². The highest BCUT2D eigenvalue weighted by atomic mass is 79.9. The summed E-state index contributed by atoms with van der Waals surface area (Å²) >= 11 is 3.22. The highest BCUT2D eigenvalue weighted by Gasteiger charge is 2.01. The molecule has 0 aliphatic rings. The maximum absolute atomic E-state index is 5.21. The van der Waals surface area contributed by atoms with Gasteiger partial charge in [-0.15, -0.1) is 10.2 Å². The van der Waals surface area contributed by atoms with Crippen LogP contribution < -0.4 is 11.3 Å². The Hall–Kier alpha value is -0.680. The fraction of sp³-hybridized carbons (Fsp3) is 0.333. The van der Waals surface area contributed by atoms with E-state index in [2.05, 4.69) is 31.6 Å². The second-order valence-electron chi connectivity index (χ2n) is 2.04. The summed E-state index contributed by atoms with van der Waals surface area (Å²) in [7, 11) is 0. The van der Waals surface area contributed by atoms with E-state index in [9.17, 15) is 0 Å². The molecular formula is C6H9BrN4. The number of nitrogens with one attached hydrogen (secondary N) is 1. The van der Waals surface area contributed by atoms with E-state index < -0.39 is 0 Å². The number of aromatic nitrogens is 2. The van der Waals surface area contributed by atoms with Crippen molar-refractivity contribution in [3.8, 4) is 0 Å². The molecule has 0 spiro atoms. The first-order valence-corrected chi connectivity index (χ1v) is 4.06. The lowest BCUT2D eigenvalue weighted by Crippen LogP contribution is -2.11. The molecule has 4 nitrogen and oxygen atoms in total. The summed E-state index contributed by atoms with van der Waals surface area (Å²) in [6.07, 6.45) is 0.883. The number of nitrogens with two attached hydrogens (primary N) is 1. The smallest absolute Gasteiger partial charge is 0.165 e. The number of hydrogen-bond donors (Lipinski definition) is 2. The van der Waals surface area contributed by atoms with Gasteiger partial charge in [-0.05, 0) is 28.4 Å². The van der Waals surface area contributed by atoms with Gasteiger partial charge in [0, 0.05) is 5.56 Å². The van der Waals surface area contributed by atoms with Gasteiger partial charge in [0.2, 0.25) is 0 Å². The molecule has 1 aromatic rings. The third kappa shape index (κ3) is 1.87. The monoisotopic (exact) mass is 216 g/mol. The summed E-state index contributed by atoms with van der Waals surface area (Å²) < 4.78 is 0.730. The van der Waals surface area contributed by atoms with E-state index in [4.69, 9.17) is 5.84 Å². The SMILES string of the molecule is CCc1cc(Br)nnc1NN. The van der Waals surface area contributed by atoms with Crippen LogP contribution in [0, 0.1) is 0 Å². The van der Waals surface area contributed by atoms with Gasteiger partial charge in [0.25, 0.3) is 0 Å². The van der Waals surface area contributed by atoms with Crippen molar-refractivity contribution in [3.05, 3.63) is 16.2 Å². The van der Waals surface area contributed by atoms with Crippen molar-refractivity contribution in [1.82, 2.24) is 10.2 Å². The molecule has 0 fully saturated rings. The lowest BCUT2D eigenvalue weighted by atomic mass is 10.2. The molecule has 5 heteroatoms. The molecule has 0 aromatic carbocycles. The number of hydrazine groups is 1.